The fraction of sp³-hybridized carbons (Fsp3) is 0. The van der Waals surface area contributed by atoms with Gasteiger partial charge in [0.05, 0.1) is 11.5 Å². The molecule has 2 aromatic carbocycles. The van der Waals surface area contributed by atoms with E-state index in [1.165, 1.54) is 6.07 Å². The van der Waals surface area contributed by atoms with Crippen molar-refractivity contribution in [3.63, 3.8) is 0 Å². The molecule has 0 N–H and O–H groups in total. The molecule has 1 heterocycles. The maximum atomic E-state index is 11.9. The molecule has 0 aliphatic heterocycles. The maximum Gasteiger partial charge on any atom is 0.294 e. The van der Waals surface area contributed by atoms with Gasteiger partial charge >= 0.3 is 0 Å². The number of ether oxygens (including phenoxy) is 1. The monoisotopic (exact) mass is 264 g/mol. The quantitative estimate of drug-likeness (QED) is 0.675. The van der Waals surface area contributed by atoms with E-state index in [9.17, 15) is 4.79 Å². The first-order valence-corrected chi connectivity index (χ1v) is 6.19. The molecule has 3 heteroatoms. The summed E-state index contributed by atoms with van der Waals surface area (Å²) in [6.45, 7) is 3.85. The summed E-state index contributed by atoms with van der Waals surface area (Å²) in [6, 6.07) is 17.8. The van der Waals surface area contributed by atoms with Gasteiger partial charge in [-0.25, -0.2) is 0 Å². The van der Waals surface area contributed by atoms with Crippen LogP contribution in [0.25, 0.3) is 16.7 Å². The summed E-state index contributed by atoms with van der Waals surface area (Å²) in [6.07, 6.45) is 0. The fourth-order valence-electron chi connectivity index (χ4n) is 1.94. The van der Waals surface area contributed by atoms with E-state index in [-0.39, 0.29) is 11.4 Å². The van der Waals surface area contributed by atoms with Crippen LogP contribution in [0.15, 0.2) is 76.5 Å². The highest BCUT2D eigenvalue weighted by molar-refractivity contribution is 5.76. The predicted octanol–water partition coefficient (Wildman–Crippen LogP) is 3.84. The molecule has 1 aromatic heterocycles. The van der Waals surface area contributed by atoms with Crippen molar-refractivity contribution in [1.29, 1.82) is 0 Å². The topological polar surface area (TPSA) is 39.4 Å². The Labute approximate surface area is 115 Å². The van der Waals surface area contributed by atoms with Crippen LogP contribution in [0.4, 0.5) is 0 Å². The summed E-state index contributed by atoms with van der Waals surface area (Å²) >= 11 is 0. The van der Waals surface area contributed by atoms with E-state index in [0.29, 0.717) is 16.7 Å². The third-order valence-electron chi connectivity index (χ3n) is 2.93. The van der Waals surface area contributed by atoms with Gasteiger partial charge in [-0.2, -0.15) is 0 Å². The van der Waals surface area contributed by atoms with Crippen LogP contribution < -0.4 is 10.2 Å². The Bertz CT molecular complexity index is 816. The van der Waals surface area contributed by atoms with Gasteiger partial charge in [0.2, 0.25) is 0 Å². The summed E-state index contributed by atoms with van der Waals surface area (Å²) < 4.78 is 11.1. The molecule has 0 aliphatic carbocycles. The summed E-state index contributed by atoms with van der Waals surface area (Å²) in [7, 11) is 0. The maximum absolute atomic E-state index is 11.9. The van der Waals surface area contributed by atoms with Crippen LogP contribution in [0.1, 0.15) is 5.56 Å². The highest BCUT2D eigenvalue weighted by atomic mass is 16.6. The second-order valence-corrected chi connectivity index (χ2v) is 4.32. The molecule has 0 bridgehead atoms. The highest BCUT2D eigenvalue weighted by Gasteiger charge is 2.07. The van der Waals surface area contributed by atoms with Crippen molar-refractivity contribution in [2.75, 3.05) is 0 Å². The van der Waals surface area contributed by atoms with Crippen LogP contribution in [-0.4, -0.2) is 0 Å². The van der Waals surface area contributed by atoms with E-state index in [1.807, 2.05) is 30.3 Å². The van der Waals surface area contributed by atoms with Crippen molar-refractivity contribution >= 4 is 16.7 Å². The van der Waals surface area contributed by atoms with Gasteiger partial charge in [-0.05, 0) is 12.1 Å². The van der Waals surface area contributed by atoms with E-state index in [2.05, 4.69) is 6.58 Å². The van der Waals surface area contributed by atoms with Gasteiger partial charge in [0.15, 0.2) is 5.43 Å². The lowest BCUT2D eigenvalue weighted by atomic mass is 10.2. The van der Waals surface area contributed by atoms with Crippen molar-refractivity contribution in [2.24, 2.45) is 0 Å². The third kappa shape index (κ3) is 2.34. The summed E-state index contributed by atoms with van der Waals surface area (Å²) in [4.78, 5) is 11.9. The van der Waals surface area contributed by atoms with Crippen LogP contribution in [-0.2, 0) is 0 Å². The number of hydrogen-bond acceptors (Lipinski definition) is 3. The molecule has 0 saturated heterocycles. The Hall–Kier alpha value is -2.81. The van der Waals surface area contributed by atoms with E-state index in [1.54, 1.807) is 24.3 Å². The van der Waals surface area contributed by atoms with Gasteiger partial charge < -0.3 is 9.15 Å². The van der Waals surface area contributed by atoms with Crippen LogP contribution in [0, 0.1) is 0 Å². The molecule has 0 spiro atoms. The predicted molar refractivity (Wildman–Crippen MR) is 78.6 cm³/mol. The molecule has 3 aromatic rings. The standard InChI is InChI=1S/C17H12O3/c1-12(13-7-3-2-4-8-13)19-17-11-15(18)14-9-5-6-10-16(14)20-17/h2-11H,1H2. The molecule has 98 valence electrons. The molecular formula is C17H12O3. The van der Waals surface area contributed by atoms with E-state index < -0.39 is 0 Å². The van der Waals surface area contributed by atoms with Crippen molar-refractivity contribution in [3.8, 4) is 5.95 Å². The Morgan fingerprint density at radius 2 is 1.70 bits per heavy atom. The first-order valence-electron chi connectivity index (χ1n) is 6.19. The van der Waals surface area contributed by atoms with Gasteiger partial charge in [-0.3, -0.25) is 4.79 Å². The molecular weight excluding hydrogens is 252 g/mol. The smallest absolute Gasteiger partial charge is 0.294 e. The molecule has 0 aliphatic rings. The Morgan fingerprint density at radius 3 is 2.50 bits per heavy atom. The molecule has 3 rings (SSSR count). The van der Waals surface area contributed by atoms with Gasteiger partial charge in [0.25, 0.3) is 5.95 Å². The highest BCUT2D eigenvalue weighted by Crippen LogP contribution is 2.21. The fourth-order valence-corrected chi connectivity index (χ4v) is 1.94. The van der Waals surface area contributed by atoms with Gasteiger partial charge in [-0.1, -0.05) is 49.0 Å². The third-order valence-corrected chi connectivity index (χ3v) is 2.93. The zero-order chi connectivity index (χ0) is 13.9. The van der Waals surface area contributed by atoms with Crippen LogP contribution >= 0.6 is 0 Å². The average molecular weight is 264 g/mol. The zero-order valence-electron chi connectivity index (χ0n) is 10.7. The number of para-hydroxylation sites is 1. The molecule has 0 radical (unpaired) electrons. The minimum atomic E-state index is -0.136. The minimum Gasteiger partial charge on any atom is -0.426 e. The largest absolute Gasteiger partial charge is 0.426 e. The first-order chi connectivity index (χ1) is 9.74. The molecule has 3 nitrogen and oxygen atoms in total. The van der Waals surface area contributed by atoms with Crippen molar-refractivity contribution < 1.29 is 9.15 Å². The second kappa shape index (κ2) is 5.05. The van der Waals surface area contributed by atoms with Crippen molar-refractivity contribution in [2.45, 2.75) is 0 Å². The summed E-state index contributed by atoms with van der Waals surface area (Å²) in [5.41, 5.74) is 1.20. The van der Waals surface area contributed by atoms with Crippen molar-refractivity contribution in [3.05, 3.63) is 83.0 Å². The Balaban J connectivity index is 1.96. The number of rotatable bonds is 3. The lowest BCUT2D eigenvalue weighted by molar-refractivity contribution is 0.373. The molecule has 0 amide bonds. The summed E-state index contributed by atoms with van der Waals surface area (Å²) in [5.74, 6) is 0.576. The van der Waals surface area contributed by atoms with Gasteiger partial charge in [-0.15, -0.1) is 0 Å². The molecule has 0 fully saturated rings. The van der Waals surface area contributed by atoms with Crippen molar-refractivity contribution in [1.82, 2.24) is 0 Å². The average Bonchev–Trinajstić information content (AvgIpc) is 2.48. The van der Waals surface area contributed by atoms with Gasteiger partial charge in [0, 0.05) is 5.56 Å². The van der Waals surface area contributed by atoms with Crippen LogP contribution in [0.3, 0.4) is 0 Å². The number of hydrogen-bond donors (Lipinski definition) is 0. The second-order valence-electron chi connectivity index (χ2n) is 4.32. The Morgan fingerprint density at radius 1 is 1.00 bits per heavy atom. The van der Waals surface area contributed by atoms with E-state index in [4.69, 9.17) is 9.15 Å². The number of benzene rings is 2. The Kier molecular flexibility index (Phi) is 3.09. The first kappa shape index (κ1) is 12.2. The van der Waals surface area contributed by atoms with Crippen LogP contribution in [0.5, 0.6) is 5.95 Å². The minimum absolute atomic E-state index is 0.136. The zero-order valence-corrected chi connectivity index (χ0v) is 10.7. The van der Waals surface area contributed by atoms with E-state index in [0.717, 1.165) is 5.56 Å². The molecule has 0 atom stereocenters. The lowest BCUT2D eigenvalue weighted by Crippen LogP contribution is -2.02. The molecule has 0 unspecified atom stereocenters. The summed E-state index contributed by atoms with van der Waals surface area (Å²) in [5, 5.41) is 0.533. The molecule has 0 saturated carbocycles. The number of fused-ring (bicyclic) bond motifs is 1. The normalized spacial score (nSPS) is 10.4. The lowest BCUT2D eigenvalue weighted by Gasteiger charge is -2.08. The SMILES string of the molecule is C=C(Oc1cc(=O)c2ccccc2o1)c1ccccc1. The van der Waals surface area contributed by atoms with E-state index >= 15 is 0 Å². The van der Waals surface area contributed by atoms with Gasteiger partial charge in [0.1, 0.15) is 11.3 Å². The van der Waals surface area contributed by atoms with Crippen LogP contribution in [0.2, 0.25) is 0 Å². The molecule has 20 heavy (non-hydrogen) atoms.